The van der Waals surface area contributed by atoms with Gasteiger partial charge in [0.05, 0.1) is 10.5 Å². The van der Waals surface area contributed by atoms with Crippen molar-refractivity contribution in [3.05, 3.63) is 65.7 Å². The minimum Gasteiger partial charge on any atom is -0.326 e. The Morgan fingerprint density at radius 2 is 1.87 bits per heavy atom. The molecule has 4 heteroatoms. The van der Waals surface area contributed by atoms with E-state index in [-0.39, 0.29) is 11.8 Å². The maximum absolute atomic E-state index is 12.7. The molecule has 1 unspecified atom stereocenters. The van der Waals surface area contributed by atoms with Crippen LogP contribution in [0.1, 0.15) is 35.0 Å². The van der Waals surface area contributed by atoms with Crippen LogP contribution in [-0.2, 0) is 4.79 Å². The average Bonchev–Trinajstić information content (AvgIpc) is 3.11. The second-order valence-corrected chi connectivity index (χ2v) is 8.28. The fraction of sp³-hybridized carbons (Fsp3) is 0.316. The Bertz CT molecular complexity index is 653. The van der Waals surface area contributed by atoms with Crippen molar-refractivity contribution in [1.82, 2.24) is 0 Å². The molecular formula is C19H21NOS2. The van der Waals surface area contributed by atoms with Gasteiger partial charge in [-0.05, 0) is 29.7 Å². The van der Waals surface area contributed by atoms with Gasteiger partial charge in [-0.2, -0.15) is 0 Å². The first-order valence-corrected chi connectivity index (χ1v) is 10.1. The molecule has 1 heterocycles. The molecule has 2 nitrogen and oxygen atoms in total. The lowest BCUT2D eigenvalue weighted by molar-refractivity contribution is -0.117. The number of benzene rings is 2. The van der Waals surface area contributed by atoms with E-state index >= 15 is 0 Å². The summed E-state index contributed by atoms with van der Waals surface area (Å²) < 4.78 is 0.503. The highest BCUT2D eigenvalue weighted by Crippen LogP contribution is 2.45. The Hall–Kier alpha value is -1.39. The van der Waals surface area contributed by atoms with E-state index in [0.29, 0.717) is 4.58 Å². The number of carbonyl (C=O) groups is 1. The number of hydrogen-bond acceptors (Lipinski definition) is 3. The molecular weight excluding hydrogens is 322 g/mol. The second-order valence-electron chi connectivity index (χ2n) is 5.56. The van der Waals surface area contributed by atoms with Crippen molar-refractivity contribution < 1.29 is 4.79 Å². The van der Waals surface area contributed by atoms with Crippen molar-refractivity contribution in [2.45, 2.75) is 23.8 Å². The molecule has 120 valence electrons. The Morgan fingerprint density at radius 1 is 1.13 bits per heavy atom. The van der Waals surface area contributed by atoms with E-state index in [2.05, 4.69) is 24.4 Å². The van der Waals surface area contributed by atoms with Gasteiger partial charge < -0.3 is 5.32 Å². The van der Waals surface area contributed by atoms with Crippen molar-refractivity contribution in [2.75, 3.05) is 16.8 Å². The predicted octanol–water partition coefficient (Wildman–Crippen LogP) is 5.30. The van der Waals surface area contributed by atoms with Gasteiger partial charge in [-0.1, -0.05) is 49.4 Å². The summed E-state index contributed by atoms with van der Waals surface area (Å²) in [5.41, 5.74) is 3.27. The number of thioether (sulfide) groups is 2. The molecule has 1 aliphatic heterocycles. The minimum absolute atomic E-state index is 0.0718. The predicted molar refractivity (Wildman–Crippen MR) is 102 cm³/mol. The lowest BCUT2D eigenvalue weighted by Crippen LogP contribution is -2.20. The van der Waals surface area contributed by atoms with E-state index in [4.69, 9.17) is 0 Å². The zero-order valence-electron chi connectivity index (χ0n) is 13.2. The topological polar surface area (TPSA) is 29.1 Å². The number of hydrogen-bond donors (Lipinski definition) is 1. The molecule has 1 saturated heterocycles. The van der Waals surface area contributed by atoms with Crippen LogP contribution in [0.5, 0.6) is 0 Å². The van der Waals surface area contributed by atoms with Gasteiger partial charge in [0, 0.05) is 17.2 Å². The van der Waals surface area contributed by atoms with Crippen molar-refractivity contribution in [2.24, 2.45) is 0 Å². The van der Waals surface area contributed by atoms with Gasteiger partial charge in [0.25, 0.3) is 0 Å². The summed E-state index contributed by atoms with van der Waals surface area (Å²) in [5.74, 6) is 2.38. The van der Waals surface area contributed by atoms with E-state index in [0.717, 1.165) is 17.7 Å². The number of nitrogens with one attached hydrogen (secondary N) is 1. The second kappa shape index (κ2) is 7.93. The third kappa shape index (κ3) is 4.12. The van der Waals surface area contributed by atoms with Crippen LogP contribution in [0.25, 0.3) is 0 Å². The summed E-state index contributed by atoms with van der Waals surface area (Å²) in [6.45, 7) is 2.06. The van der Waals surface area contributed by atoms with E-state index in [1.165, 1.54) is 17.1 Å². The molecule has 0 saturated carbocycles. The summed E-state index contributed by atoms with van der Waals surface area (Å²) in [4.78, 5) is 12.7. The molecule has 0 bridgehead atoms. The minimum atomic E-state index is -0.102. The van der Waals surface area contributed by atoms with Crippen LogP contribution in [0, 0.1) is 0 Å². The largest absolute Gasteiger partial charge is 0.326 e. The molecule has 0 aliphatic carbocycles. The average molecular weight is 344 g/mol. The van der Waals surface area contributed by atoms with Crippen LogP contribution in [0.4, 0.5) is 5.69 Å². The Morgan fingerprint density at radius 3 is 2.57 bits per heavy atom. The number of anilines is 1. The Kier molecular flexibility index (Phi) is 5.68. The molecule has 23 heavy (non-hydrogen) atoms. The summed E-state index contributed by atoms with van der Waals surface area (Å²) >= 11 is 3.96. The molecule has 1 atom stereocenters. The molecule has 1 aliphatic rings. The monoisotopic (exact) mass is 343 g/mol. The van der Waals surface area contributed by atoms with Crippen LogP contribution in [0.2, 0.25) is 0 Å². The van der Waals surface area contributed by atoms with Gasteiger partial charge in [0.1, 0.15) is 0 Å². The highest BCUT2D eigenvalue weighted by Gasteiger charge is 2.20. The van der Waals surface area contributed by atoms with Gasteiger partial charge >= 0.3 is 0 Å². The van der Waals surface area contributed by atoms with Crippen LogP contribution in [-0.4, -0.2) is 17.4 Å². The zero-order chi connectivity index (χ0) is 16.1. The van der Waals surface area contributed by atoms with Gasteiger partial charge in [0.15, 0.2) is 0 Å². The molecule has 1 fully saturated rings. The standard InChI is InChI=1S/C19H21NOS2/c1-2-17(14-7-4-3-5-8-14)18(21)20-16-10-6-9-15(13-16)19-22-11-12-23-19/h3-10,13,17,19H,2,11-12H2,1H3,(H,20,21). The SMILES string of the molecule is CCC(C(=O)Nc1cccc(C2SCCS2)c1)c1ccccc1. The lowest BCUT2D eigenvalue weighted by atomic mass is 9.95. The maximum Gasteiger partial charge on any atom is 0.231 e. The molecule has 0 aromatic heterocycles. The first kappa shape index (κ1) is 16.5. The molecule has 0 spiro atoms. The molecule has 1 amide bonds. The van der Waals surface area contributed by atoms with E-state index < -0.39 is 0 Å². The van der Waals surface area contributed by atoms with E-state index in [1.807, 2.05) is 66.0 Å². The Balaban J connectivity index is 1.73. The lowest BCUT2D eigenvalue weighted by Gasteiger charge is -2.16. The molecule has 2 aromatic carbocycles. The van der Waals surface area contributed by atoms with Gasteiger partial charge in [-0.15, -0.1) is 23.5 Å². The van der Waals surface area contributed by atoms with Crippen molar-refractivity contribution in [1.29, 1.82) is 0 Å². The third-order valence-electron chi connectivity index (χ3n) is 3.97. The quantitative estimate of drug-likeness (QED) is 0.799. The van der Waals surface area contributed by atoms with Gasteiger partial charge in [-0.25, -0.2) is 0 Å². The number of amides is 1. The zero-order valence-corrected chi connectivity index (χ0v) is 14.8. The summed E-state index contributed by atoms with van der Waals surface area (Å²) in [6, 6.07) is 18.3. The molecule has 2 aromatic rings. The van der Waals surface area contributed by atoms with Crippen LogP contribution in [0.3, 0.4) is 0 Å². The molecule has 0 radical (unpaired) electrons. The van der Waals surface area contributed by atoms with Crippen molar-refractivity contribution >= 4 is 35.1 Å². The molecule has 1 N–H and O–H groups in total. The number of carbonyl (C=O) groups excluding carboxylic acids is 1. The van der Waals surface area contributed by atoms with Gasteiger partial charge in [-0.3, -0.25) is 4.79 Å². The third-order valence-corrected chi connectivity index (χ3v) is 7.08. The fourth-order valence-electron chi connectivity index (χ4n) is 2.80. The van der Waals surface area contributed by atoms with Crippen molar-refractivity contribution in [3.8, 4) is 0 Å². The maximum atomic E-state index is 12.7. The molecule has 3 rings (SSSR count). The fourth-order valence-corrected chi connectivity index (χ4v) is 5.64. The summed E-state index contributed by atoms with van der Waals surface area (Å²) in [5, 5.41) is 3.10. The van der Waals surface area contributed by atoms with Crippen LogP contribution >= 0.6 is 23.5 Å². The first-order chi connectivity index (χ1) is 11.3. The highest BCUT2D eigenvalue weighted by molar-refractivity contribution is 8.19. The van der Waals surface area contributed by atoms with Crippen LogP contribution in [0.15, 0.2) is 54.6 Å². The highest BCUT2D eigenvalue weighted by atomic mass is 32.2. The van der Waals surface area contributed by atoms with Crippen molar-refractivity contribution in [3.63, 3.8) is 0 Å². The summed E-state index contributed by atoms with van der Waals surface area (Å²) in [7, 11) is 0. The summed E-state index contributed by atoms with van der Waals surface area (Å²) in [6.07, 6.45) is 0.796. The Labute approximate surface area is 146 Å². The van der Waals surface area contributed by atoms with E-state index in [1.54, 1.807) is 0 Å². The smallest absolute Gasteiger partial charge is 0.231 e. The van der Waals surface area contributed by atoms with Crippen LogP contribution < -0.4 is 5.32 Å². The normalized spacial score (nSPS) is 16.2. The number of rotatable bonds is 5. The first-order valence-electron chi connectivity index (χ1n) is 7.97. The van der Waals surface area contributed by atoms with E-state index in [9.17, 15) is 4.79 Å². The van der Waals surface area contributed by atoms with Gasteiger partial charge in [0.2, 0.25) is 5.91 Å².